The normalized spacial score (nSPS) is 18.7. The molecule has 15 heteroatoms. The second-order valence-corrected chi connectivity index (χ2v) is 11.4. The van der Waals surface area contributed by atoms with Crippen LogP contribution in [-0.2, 0) is 24.3 Å². The number of ether oxygens (including phenoxy) is 4. The quantitative estimate of drug-likeness (QED) is 0.240. The van der Waals surface area contributed by atoms with Crippen LogP contribution in [-0.4, -0.2) is 74.5 Å². The lowest BCUT2D eigenvalue weighted by molar-refractivity contribution is -0.124. The highest BCUT2D eigenvalue weighted by Gasteiger charge is 2.46. The first-order valence-electron chi connectivity index (χ1n) is 12.0. The molecule has 1 saturated carbocycles. The van der Waals surface area contributed by atoms with Gasteiger partial charge in [0.2, 0.25) is 11.9 Å². The molecule has 3 N–H and O–H groups in total. The fourth-order valence-electron chi connectivity index (χ4n) is 4.53. The minimum Gasteiger partial charge on any atom is -0.494 e. The third kappa shape index (κ3) is 6.19. The van der Waals surface area contributed by atoms with Crippen molar-refractivity contribution < 1.29 is 32.2 Å². The predicted molar refractivity (Wildman–Crippen MR) is 144 cm³/mol. The van der Waals surface area contributed by atoms with Crippen molar-refractivity contribution in [2.75, 3.05) is 33.4 Å². The molecule has 1 aromatic heterocycles. The summed E-state index contributed by atoms with van der Waals surface area (Å²) in [4.78, 5) is 22.3. The highest BCUT2D eigenvalue weighted by Crippen LogP contribution is 2.42. The van der Waals surface area contributed by atoms with E-state index in [1.54, 1.807) is 25.3 Å². The summed E-state index contributed by atoms with van der Waals surface area (Å²) >= 11 is 5.89. The molecular weight excluding hydrogens is 552 g/mol. The summed E-state index contributed by atoms with van der Waals surface area (Å²) in [6.45, 7) is 1.34. The monoisotopic (exact) mass is 584 g/mol. The number of sulfonamides is 1. The number of amides is 1. The molecule has 0 spiro atoms. The lowest BCUT2D eigenvalue weighted by Gasteiger charge is -2.38. The van der Waals surface area contributed by atoms with E-state index in [0.717, 1.165) is 5.01 Å². The maximum Gasteiger partial charge on any atom is 0.261 e. The first-order chi connectivity index (χ1) is 18.5. The van der Waals surface area contributed by atoms with Crippen LogP contribution in [0.2, 0.25) is 5.02 Å². The fraction of sp³-hybridized carbons (Fsp3) is 0.500. The van der Waals surface area contributed by atoms with Gasteiger partial charge in [0, 0.05) is 32.5 Å². The summed E-state index contributed by atoms with van der Waals surface area (Å²) in [5.41, 5.74) is 5.88. The van der Waals surface area contributed by atoms with E-state index in [9.17, 15) is 13.2 Å². The number of aromatic nitrogens is 2. The molecule has 0 bridgehead atoms. The van der Waals surface area contributed by atoms with E-state index in [-0.39, 0.29) is 34.1 Å². The summed E-state index contributed by atoms with van der Waals surface area (Å²) in [5, 5.41) is 8.01. The molecule has 214 valence electrons. The molecule has 0 unspecified atom stereocenters. The number of para-hydroxylation sites is 1. The number of rotatable bonds is 10. The summed E-state index contributed by atoms with van der Waals surface area (Å²) in [6.07, 6.45) is 2.62. The predicted octanol–water partition coefficient (Wildman–Crippen LogP) is 2.51. The van der Waals surface area contributed by atoms with Gasteiger partial charge in [-0.2, -0.15) is 5.01 Å². The number of nitrogens with zero attached hydrogens (tertiary/aromatic N) is 4. The van der Waals surface area contributed by atoms with E-state index >= 15 is 0 Å². The number of anilines is 1. The topological polar surface area (TPSA) is 170 Å². The number of nitrogens with two attached hydrogens (primary N) is 1. The number of hydrogen-bond acceptors (Lipinski definition) is 10. The first kappa shape index (κ1) is 30.3. The molecule has 1 aliphatic rings. The summed E-state index contributed by atoms with van der Waals surface area (Å²) in [6, 6.07) is 4.70. The van der Waals surface area contributed by atoms with Gasteiger partial charge < -0.3 is 24.7 Å². The lowest BCUT2D eigenvalue weighted by Crippen LogP contribution is -2.59. The molecule has 3 rings (SSSR count). The Morgan fingerprint density at radius 1 is 1.13 bits per heavy atom. The van der Waals surface area contributed by atoms with E-state index < -0.39 is 39.2 Å². The zero-order chi connectivity index (χ0) is 28.9. The van der Waals surface area contributed by atoms with Crippen molar-refractivity contribution in [2.24, 2.45) is 11.7 Å². The number of methoxy groups -OCH3 is 4. The fourth-order valence-corrected chi connectivity index (χ4v) is 6.15. The van der Waals surface area contributed by atoms with Gasteiger partial charge in [-0.25, -0.2) is 18.4 Å². The molecule has 1 amide bonds. The van der Waals surface area contributed by atoms with Crippen LogP contribution in [0.1, 0.15) is 38.1 Å². The molecule has 1 heterocycles. The van der Waals surface area contributed by atoms with Crippen molar-refractivity contribution in [3.63, 3.8) is 0 Å². The molecule has 0 saturated heterocycles. The Hall–Kier alpha value is -3.20. The molecule has 1 aliphatic carbocycles. The third-order valence-electron chi connectivity index (χ3n) is 6.56. The van der Waals surface area contributed by atoms with Crippen LogP contribution < -0.4 is 20.2 Å². The SMILES string of the molecule is COc1cccc(OC)c1N(C(=O)[C@H]1CC[C@@H](OC)C1)N(C(=N)N)S(=O)(=O)[C@@H](C)[C@H](OC)c1ncc(Cl)cn1. The average molecular weight is 585 g/mol. The standard InChI is InChI=1S/C24H33ClN6O7S/c1-14(21(38-5)22-28-12-16(25)13-29-22)39(33,34)31(24(26)27)30(23(32)15-9-10-17(11-15)35-2)20-18(36-3)7-6-8-19(20)37-4/h6-8,12-15,17,21H,9-11H2,1-5H3,(H3,26,27)/t14-,15-,17+,21-/m0/s1. The van der Waals surface area contributed by atoms with Gasteiger partial charge in [0.15, 0.2) is 11.5 Å². The van der Waals surface area contributed by atoms with Crippen LogP contribution >= 0.6 is 11.6 Å². The second kappa shape index (κ2) is 12.8. The van der Waals surface area contributed by atoms with E-state index in [0.29, 0.717) is 23.7 Å². The van der Waals surface area contributed by atoms with Crippen molar-refractivity contribution in [3.05, 3.63) is 41.4 Å². The molecule has 1 fully saturated rings. The number of guanidine groups is 1. The number of nitrogens with one attached hydrogen (secondary N) is 1. The van der Waals surface area contributed by atoms with Crippen LogP contribution in [0.4, 0.5) is 5.69 Å². The Morgan fingerprint density at radius 2 is 1.72 bits per heavy atom. The van der Waals surface area contributed by atoms with Crippen LogP contribution in [0, 0.1) is 11.3 Å². The minimum atomic E-state index is -4.65. The van der Waals surface area contributed by atoms with E-state index in [1.165, 1.54) is 40.6 Å². The number of benzene rings is 1. The van der Waals surface area contributed by atoms with Crippen molar-refractivity contribution in [1.29, 1.82) is 5.41 Å². The first-order valence-corrected chi connectivity index (χ1v) is 13.9. The van der Waals surface area contributed by atoms with Crippen molar-refractivity contribution in [1.82, 2.24) is 14.4 Å². The Bertz CT molecular complexity index is 1260. The van der Waals surface area contributed by atoms with Crippen LogP contribution in [0.25, 0.3) is 0 Å². The van der Waals surface area contributed by atoms with Crippen LogP contribution in [0.15, 0.2) is 30.6 Å². The Balaban J connectivity index is 2.20. The van der Waals surface area contributed by atoms with Gasteiger partial charge in [0.1, 0.15) is 22.9 Å². The summed E-state index contributed by atoms with van der Waals surface area (Å²) in [7, 11) is 0.927. The van der Waals surface area contributed by atoms with Gasteiger partial charge in [0.25, 0.3) is 10.0 Å². The van der Waals surface area contributed by atoms with Gasteiger partial charge in [-0.3, -0.25) is 10.2 Å². The van der Waals surface area contributed by atoms with Gasteiger partial charge in [-0.15, -0.1) is 4.41 Å². The number of hydrazine groups is 1. The average Bonchev–Trinajstić information content (AvgIpc) is 3.41. The van der Waals surface area contributed by atoms with Crippen LogP contribution in [0.3, 0.4) is 0 Å². The van der Waals surface area contributed by atoms with Gasteiger partial charge in [0.05, 0.1) is 25.3 Å². The van der Waals surface area contributed by atoms with Gasteiger partial charge >= 0.3 is 0 Å². The minimum absolute atomic E-state index is 0.0314. The highest BCUT2D eigenvalue weighted by atomic mass is 35.5. The summed E-state index contributed by atoms with van der Waals surface area (Å²) < 4.78 is 50.7. The Labute approximate surface area is 232 Å². The zero-order valence-electron chi connectivity index (χ0n) is 22.3. The lowest BCUT2D eigenvalue weighted by atomic mass is 10.1. The van der Waals surface area contributed by atoms with Gasteiger partial charge in [-0.05, 0) is 38.3 Å². The molecule has 13 nitrogen and oxygen atoms in total. The summed E-state index contributed by atoms with van der Waals surface area (Å²) in [5.74, 6) is -1.90. The number of hydrogen-bond donors (Lipinski definition) is 2. The number of halogens is 1. The second-order valence-electron chi connectivity index (χ2n) is 8.82. The maximum absolute atomic E-state index is 14.2. The van der Waals surface area contributed by atoms with Crippen LogP contribution in [0.5, 0.6) is 11.5 Å². The van der Waals surface area contributed by atoms with E-state index in [4.69, 9.17) is 41.7 Å². The number of carbonyl (C=O) groups is 1. The smallest absolute Gasteiger partial charge is 0.261 e. The third-order valence-corrected chi connectivity index (χ3v) is 8.79. The molecule has 39 heavy (non-hydrogen) atoms. The Morgan fingerprint density at radius 3 is 2.18 bits per heavy atom. The van der Waals surface area contributed by atoms with Crippen molar-refractivity contribution in [3.8, 4) is 11.5 Å². The van der Waals surface area contributed by atoms with Gasteiger partial charge in [-0.1, -0.05) is 17.7 Å². The maximum atomic E-state index is 14.2. The zero-order valence-corrected chi connectivity index (χ0v) is 23.9. The van der Waals surface area contributed by atoms with Crippen molar-refractivity contribution >= 4 is 39.2 Å². The molecular formula is C24H33ClN6O7S. The molecule has 0 aliphatic heterocycles. The molecule has 2 aromatic rings. The van der Waals surface area contributed by atoms with E-state index in [2.05, 4.69) is 9.97 Å². The highest BCUT2D eigenvalue weighted by molar-refractivity contribution is 7.90. The molecule has 1 aromatic carbocycles. The molecule has 4 atom stereocenters. The van der Waals surface area contributed by atoms with E-state index in [1.807, 2.05) is 0 Å². The van der Waals surface area contributed by atoms with Crippen molar-refractivity contribution in [2.45, 2.75) is 43.6 Å². The Kier molecular flexibility index (Phi) is 9.93. The largest absolute Gasteiger partial charge is 0.494 e. The number of carbonyl (C=O) groups excluding carboxylic acids is 1. The molecule has 0 radical (unpaired) electrons.